The van der Waals surface area contributed by atoms with Gasteiger partial charge in [-0.3, -0.25) is 9.59 Å². The van der Waals surface area contributed by atoms with Crippen LogP contribution in [0.5, 0.6) is 0 Å². The van der Waals surface area contributed by atoms with E-state index in [4.69, 9.17) is 0 Å². The fourth-order valence-corrected chi connectivity index (χ4v) is 5.87. The number of benzene rings is 1. The number of nitrogens with zero attached hydrogens (tertiary/aromatic N) is 1. The summed E-state index contributed by atoms with van der Waals surface area (Å²) < 4.78 is 27.1. The zero-order chi connectivity index (χ0) is 19.4. The van der Waals surface area contributed by atoms with Crippen molar-refractivity contribution >= 4 is 38.9 Å². The van der Waals surface area contributed by atoms with Crippen LogP contribution in [0.25, 0.3) is 0 Å². The maximum absolute atomic E-state index is 12.7. The van der Waals surface area contributed by atoms with E-state index in [1.54, 1.807) is 35.7 Å². The second-order valence-electron chi connectivity index (χ2n) is 6.38. The van der Waals surface area contributed by atoms with Crippen molar-refractivity contribution in [3.63, 3.8) is 0 Å². The molecular weight excluding hydrogens is 386 g/mol. The van der Waals surface area contributed by atoms with Crippen LogP contribution in [0.15, 0.2) is 46.0 Å². The molecule has 1 aliphatic rings. The van der Waals surface area contributed by atoms with Gasteiger partial charge in [0.25, 0.3) is 10.0 Å². The van der Waals surface area contributed by atoms with Gasteiger partial charge in [-0.25, -0.2) is 8.42 Å². The van der Waals surface area contributed by atoms with Gasteiger partial charge in [-0.15, -0.1) is 11.3 Å². The van der Waals surface area contributed by atoms with Gasteiger partial charge in [0.2, 0.25) is 0 Å². The van der Waals surface area contributed by atoms with E-state index >= 15 is 0 Å². The number of thiophene rings is 1. The molecule has 7 nitrogen and oxygen atoms in total. The van der Waals surface area contributed by atoms with Gasteiger partial charge in [-0.2, -0.15) is 4.31 Å². The van der Waals surface area contributed by atoms with Gasteiger partial charge in [0.05, 0.1) is 0 Å². The van der Waals surface area contributed by atoms with Gasteiger partial charge in [-0.05, 0) is 48.9 Å². The molecule has 1 aliphatic heterocycles. The number of sulfonamides is 1. The molecule has 0 aliphatic carbocycles. The second kappa shape index (κ2) is 8.20. The summed E-state index contributed by atoms with van der Waals surface area (Å²) in [4.78, 5) is 24.1. The standard InChI is InChI=1S/C18H21N3O4S2/c1-13-5-2-6-14(11-13)20-18(23)17(22)19-12-15-7-3-9-21(15)27(24,25)16-8-4-10-26-16/h2,4-6,8,10-11,15H,3,7,9,12H2,1H3,(H,19,22)(H,20,23)/t15-/m0/s1. The average molecular weight is 408 g/mol. The Labute approximate surface area is 162 Å². The Bertz CT molecular complexity index is 926. The number of nitrogens with one attached hydrogen (secondary N) is 2. The first kappa shape index (κ1) is 19.5. The molecule has 2 aromatic rings. The van der Waals surface area contributed by atoms with Crippen LogP contribution >= 0.6 is 11.3 Å². The van der Waals surface area contributed by atoms with Crippen molar-refractivity contribution in [2.24, 2.45) is 0 Å². The third-order valence-corrected chi connectivity index (χ3v) is 7.69. The first-order chi connectivity index (χ1) is 12.9. The van der Waals surface area contributed by atoms with E-state index in [2.05, 4.69) is 10.6 Å². The van der Waals surface area contributed by atoms with Crippen molar-refractivity contribution in [3.05, 3.63) is 47.3 Å². The SMILES string of the molecule is Cc1cccc(NC(=O)C(=O)NC[C@@H]2CCCN2S(=O)(=O)c2cccs2)c1. The lowest BCUT2D eigenvalue weighted by Crippen LogP contribution is -2.45. The lowest BCUT2D eigenvalue weighted by atomic mass is 10.2. The molecule has 0 radical (unpaired) electrons. The van der Waals surface area contributed by atoms with Gasteiger partial charge < -0.3 is 10.6 Å². The highest BCUT2D eigenvalue weighted by atomic mass is 32.2. The number of carbonyl (C=O) groups excluding carboxylic acids is 2. The smallest absolute Gasteiger partial charge is 0.313 e. The number of anilines is 1. The van der Waals surface area contributed by atoms with Crippen LogP contribution in [0.1, 0.15) is 18.4 Å². The number of carbonyl (C=O) groups is 2. The molecule has 0 spiro atoms. The predicted molar refractivity (Wildman–Crippen MR) is 104 cm³/mol. The fraction of sp³-hybridized carbons (Fsp3) is 0.333. The zero-order valence-electron chi connectivity index (χ0n) is 14.8. The molecule has 1 atom stereocenters. The Balaban J connectivity index is 1.58. The quantitative estimate of drug-likeness (QED) is 0.741. The largest absolute Gasteiger partial charge is 0.346 e. The summed E-state index contributed by atoms with van der Waals surface area (Å²) in [5, 5.41) is 6.81. The van der Waals surface area contributed by atoms with E-state index in [0.717, 1.165) is 12.0 Å². The second-order valence-corrected chi connectivity index (χ2v) is 9.44. The minimum Gasteiger partial charge on any atom is -0.346 e. The summed E-state index contributed by atoms with van der Waals surface area (Å²) in [6.45, 7) is 2.40. The molecule has 2 amide bonds. The summed E-state index contributed by atoms with van der Waals surface area (Å²) in [7, 11) is -3.57. The first-order valence-electron chi connectivity index (χ1n) is 8.59. The molecule has 0 unspecified atom stereocenters. The average Bonchev–Trinajstić information content (AvgIpc) is 3.31. The fourth-order valence-electron chi connectivity index (χ4n) is 3.06. The summed E-state index contributed by atoms with van der Waals surface area (Å²) in [5.74, 6) is -1.55. The Hall–Kier alpha value is -2.23. The first-order valence-corrected chi connectivity index (χ1v) is 10.9. The minimum atomic E-state index is -3.57. The maximum atomic E-state index is 12.7. The topological polar surface area (TPSA) is 95.6 Å². The van der Waals surface area contributed by atoms with Crippen molar-refractivity contribution in [3.8, 4) is 0 Å². The molecule has 3 rings (SSSR count). The summed E-state index contributed by atoms with van der Waals surface area (Å²) in [6, 6.07) is 10.0. The van der Waals surface area contributed by atoms with Crippen LogP contribution in [-0.2, 0) is 19.6 Å². The number of hydrogen-bond donors (Lipinski definition) is 2. The monoisotopic (exact) mass is 407 g/mol. The number of aryl methyl sites for hydroxylation is 1. The predicted octanol–water partition coefficient (Wildman–Crippen LogP) is 1.96. The maximum Gasteiger partial charge on any atom is 0.313 e. The lowest BCUT2D eigenvalue weighted by molar-refractivity contribution is -0.136. The summed E-state index contributed by atoms with van der Waals surface area (Å²) in [6.07, 6.45) is 1.37. The molecule has 144 valence electrons. The molecule has 1 aromatic carbocycles. The molecule has 2 N–H and O–H groups in total. The highest BCUT2D eigenvalue weighted by Gasteiger charge is 2.36. The lowest BCUT2D eigenvalue weighted by Gasteiger charge is -2.23. The third-order valence-electron chi connectivity index (χ3n) is 4.36. The molecule has 0 saturated carbocycles. The summed E-state index contributed by atoms with van der Waals surface area (Å²) in [5.41, 5.74) is 1.51. The van der Waals surface area contributed by atoms with Crippen LogP contribution in [-0.4, -0.2) is 43.7 Å². The van der Waals surface area contributed by atoms with Crippen molar-refractivity contribution < 1.29 is 18.0 Å². The molecule has 2 heterocycles. The van der Waals surface area contributed by atoms with Gasteiger partial charge in [0.1, 0.15) is 4.21 Å². The van der Waals surface area contributed by atoms with Gasteiger partial charge in [-0.1, -0.05) is 18.2 Å². The van der Waals surface area contributed by atoms with Crippen molar-refractivity contribution in [2.45, 2.75) is 30.0 Å². The molecule has 27 heavy (non-hydrogen) atoms. The number of amides is 2. The third kappa shape index (κ3) is 4.55. The van der Waals surface area contributed by atoms with Crippen LogP contribution in [0, 0.1) is 6.92 Å². The van der Waals surface area contributed by atoms with Crippen LogP contribution < -0.4 is 10.6 Å². The van der Waals surface area contributed by atoms with Crippen molar-refractivity contribution in [1.82, 2.24) is 9.62 Å². The molecule has 1 fully saturated rings. The Kier molecular flexibility index (Phi) is 5.93. The van der Waals surface area contributed by atoms with E-state index in [1.807, 2.05) is 13.0 Å². The Morgan fingerprint density at radius 3 is 2.74 bits per heavy atom. The molecular formula is C18H21N3O4S2. The summed E-state index contributed by atoms with van der Waals surface area (Å²) >= 11 is 1.17. The van der Waals surface area contributed by atoms with Gasteiger partial charge in [0.15, 0.2) is 0 Å². The van der Waals surface area contributed by atoms with E-state index in [0.29, 0.717) is 18.7 Å². The van der Waals surface area contributed by atoms with Crippen LogP contribution in [0.4, 0.5) is 5.69 Å². The van der Waals surface area contributed by atoms with E-state index in [1.165, 1.54) is 15.6 Å². The minimum absolute atomic E-state index is 0.102. The molecule has 0 bridgehead atoms. The number of rotatable bonds is 5. The van der Waals surface area contributed by atoms with Gasteiger partial charge >= 0.3 is 11.8 Å². The van der Waals surface area contributed by atoms with Crippen molar-refractivity contribution in [1.29, 1.82) is 0 Å². The van der Waals surface area contributed by atoms with Crippen molar-refractivity contribution in [2.75, 3.05) is 18.4 Å². The van der Waals surface area contributed by atoms with E-state index < -0.39 is 21.8 Å². The Morgan fingerprint density at radius 2 is 2.04 bits per heavy atom. The normalized spacial score (nSPS) is 17.6. The Morgan fingerprint density at radius 1 is 1.22 bits per heavy atom. The highest BCUT2D eigenvalue weighted by Crippen LogP contribution is 2.28. The van der Waals surface area contributed by atoms with Crippen LogP contribution in [0.2, 0.25) is 0 Å². The van der Waals surface area contributed by atoms with E-state index in [9.17, 15) is 18.0 Å². The number of hydrogen-bond acceptors (Lipinski definition) is 5. The zero-order valence-corrected chi connectivity index (χ0v) is 16.5. The van der Waals surface area contributed by atoms with Gasteiger partial charge in [0, 0.05) is 24.8 Å². The highest BCUT2D eigenvalue weighted by molar-refractivity contribution is 7.91. The molecule has 1 aromatic heterocycles. The molecule has 1 saturated heterocycles. The van der Waals surface area contributed by atoms with E-state index in [-0.39, 0.29) is 16.8 Å². The van der Waals surface area contributed by atoms with Crippen LogP contribution in [0.3, 0.4) is 0 Å². The molecule has 9 heteroatoms.